The molecule has 1 aromatic rings. The number of nitrogens with one attached hydrogen (secondary N) is 1. The minimum Gasteiger partial charge on any atom is -0.506 e. The highest BCUT2D eigenvalue weighted by molar-refractivity contribution is 5.95. The van der Waals surface area contributed by atoms with E-state index in [1.807, 2.05) is 32.9 Å². The molecule has 0 unspecified atom stereocenters. The van der Waals surface area contributed by atoms with Gasteiger partial charge in [-0.15, -0.1) is 0 Å². The monoisotopic (exact) mass is 388 g/mol. The second-order valence-electron chi connectivity index (χ2n) is 9.87. The van der Waals surface area contributed by atoms with Crippen molar-refractivity contribution in [3.63, 3.8) is 0 Å². The molecule has 1 aliphatic rings. The average molecular weight is 389 g/mol. The lowest BCUT2D eigenvalue weighted by molar-refractivity contribution is -0.123. The lowest BCUT2D eigenvalue weighted by Gasteiger charge is -2.45. The first-order valence-electron chi connectivity index (χ1n) is 10.9. The number of anilines is 1. The van der Waals surface area contributed by atoms with Gasteiger partial charge in [0.05, 0.1) is 5.69 Å². The Balaban J connectivity index is 2.04. The van der Waals surface area contributed by atoms with Crippen LogP contribution in [0.5, 0.6) is 5.75 Å². The maximum absolute atomic E-state index is 12.2. The first-order valence-corrected chi connectivity index (χ1v) is 10.9. The predicted octanol–water partition coefficient (Wildman–Crippen LogP) is 5.56. The lowest BCUT2D eigenvalue weighted by atomic mass is 9.68. The van der Waals surface area contributed by atoms with Crippen molar-refractivity contribution in [1.82, 2.24) is 4.90 Å². The summed E-state index contributed by atoms with van der Waals surface area (Å²) in [4.78, 5) is 14.8. The van der Waals surface area contributed by atoms with E-state index in [0.717, 1.165) is 25.1 Å². The van der Waals surface area contributed by atoms with Crippen molar-refractivity contribution in [2.45, 2.75) is 79.1 Å². The van der Waals surface area contributed by atoms with E-state index in [1.54, 1.807) is 0 Å². The topological polar surface area (TPSA) is 52.6 Å². The summed E-state index contributed by atoms with van der Waals surface area (Å²) < 4.78 is 0. The zero-order valence-electron chi connectivity index (χ0n) is 18.8. The van der Waals surface area contributed by atoms with Crippen molar-refractivity contribution in [1.29, 1.82) is 0 Å². The molecule has 4 nitrogen and oxygen atoms in total. The second-order valence-corrected chi connectivity index (χ2v) is 9.87. The van der Waals surface area contributed by atoms with E-state index in [-0.39, 0.29) is 17.1 Å². The summed E-state index contributed by atoms with van der Waals surface area (Å²) in [7, 11) is 0. The Hall–Kier alpha value is -1.55. The maximum Gasteiger partial charge on any atom is 0.229 e. The van der Waals surface area contributed by atoms with Gasteiger partial charge >= 0.3 is 0 Å². The number of carbonyl (C=O) groups is 1. The van der Waals surface area contributed by atoms with Gasteiger partial charge in [-0.25, -0.2) is 0 Å². The van der Waals surface area contributed by atoms with E-state index < -0.39 is 5.41 Å². The van der Waals surface area contributed by atoms with Gasteiger partial charge in [-0.1, -0.05) is 66.9 Å². The SMILES string of the molecule is CCCCCCN1CC[C@](C)(c2ccc(NC(=O)C(C)(C)C)c(O)c2)[C@@H](C)C1. The van der Waals surface area contributed by atoms with Crippen molar-refractivity contribution in [2.24, 2.45) is 11.3 Å². The van der Waals surface area contributed by atoms with Crippen LogP contribution < -0.4 is 5.32 Å². The van der Waals surface area contributed by atoms with Crippen LogP contribution in [0.15, 0.2) is 18.2 Å². The summed E-state index contributed by atoms with van der Waals surface area (Å²) in [5.74, 6) is 0.582. The molecule has 0 saturated carbocycles. The Morgan fingerprint density at radius 2 is 2.00 bits per heavy atom. The van der Waals surface area contributed by atoms with E-state index in [1.165, 1.54) is 32.2 Å². The van der Waals surface area contributed by atoms with Gasteiger partial charge in [0.15, 0.2) is 0 Å². The fourth-order valence-corrected chi connectivity index (χ4v) is 4.01. The first kappa shape index (κ1) is 22.7. The largest absolute Gasteiger partial charge is 0.506 e. The minimum atomic E-state index is -0.491. The zero-order chi connectivity index (χ0) is 20.9. The Kier molecular flexibility index (Phi) is 7.55. The van der Waals surface area contributed by atoms with Gasteiger partial charge in [0.25, 0.3) is 0 Å². The molecule has 0 aromatic heterocycles. The normalized spacial score (nSPS) is 23.6. The van der Waals surface area contributed by atoms with Crippen LogP contribution >= 0.6 is 0 Å². The zero-order valence-corrected chi connectivity index (χ0v) is 18.8. The van der Waals surface area contributed by atoms with Crippen LogP contribution in [0.3, 0.4) is 0 Å². The number of likely N-dealkylation sites (tertiary alicyclic amines) is 1. The summed E-state index contributed by atoms with van der Waals surface area (Å²) in [5.41, 5.74) is 1.21. The van der Waals surface area contributed by atoms with E-state index in [9.17, 15) is 9.90 Å². The number of phenolic OH excluding ortho intramolecular Hbond substituents is 1. The van der Waals surface area contributed by atoms with Crippen molar-refractivity contribution >= 4 is 11.6 Å². The highest BCUT2D eigenvalue weighted by atomic mass is 16.3. The number of hydrogen-bond acceptors (Lipinski definition) is 3. The molecule has 28 heavy (non-hydrogen) atoms. The molecular formula is C24H40N2O2. The van der Waals surface area contributed by atoms with Crippen LogP contribution in [-0.2, 0) is 10.2 Å². The lowest BCUT2D eigenvalue weighted by Crippen LogP contribution is -2.47. The third-order valence-electron chi connectivity index (χ3n) is 6.48. The van der Waals surface area contributed by atoms with Crippen LogP contribution in [0.1, 0.15) is 79.2 Å². The first-order chi connectivity index (χ1) is 13.1. The molecule has 2 N–H and O–H groups in total. The van der Waals surface area contributed by atoms with Crippen molar-refractivity contribution in [3.8, 4) is 5.75 Å². The number of benzene rings is 1. The molecule has 1 amide bonds. The van der Waals surface area contributed by atoms with Gasteiger partial charge in [0.2, 0.25) is 5.91 Å². The van der Waals surface area contributed by atoms with Crippen LogP contribution in [0.4, 0.5) is 5.69 Å². The van der Waals surface area contributed by atoms with E-state index >= 15 is 0 Å². The Morgan fingerprint density at radius 1 is 1.29 bits per heavy atom. The summed E-state index contributed by atoms with van der Waals surface area (Å²) in [5, 5.41) is 13.4. The predicted molar refractivity (Wildman–Crippen MR) is 118 cm³/mol. The van der Waals surface area contributed by atoms with Gasteiger partial charge in [-0.3, -0.25) is 4.79 Å². The number of aromatic hydroxyl groups is 1. The summed E-state index contributed by atoms with van der Waals surface area (Å²) in [6, 6.07) is 5.78. The number of nitrogens with zero attached hydrogens (tertiary/aromatic N) is 1. The van der Waals surface area contributed by atoms with E-state index in [4.69, 9.17) is 0 Å². The van der Waals surface area contributed by atoms with Crippen molar-refractivity contribution in [3.05, 3.63) is 23.8 Å². The van der Waals surface area contributed by atoms with Crippen LogP contribution in [-0.4, -0.2) is 35.5 Å². The highest BCUT2D eigenvalue weighted by Gasteiger charge is 2.38. The molecule has 0 aliphatic carbocycles. The standard InChI is InChI=1S/C24H40N2O2/c1-7-8-9-10-14-26-15-13-24(6,18(2)17-26)19-11-12-20(21(27)16-19)25-22(28)23(3,4)5/h11-12,16,18,27H,7-10,13-15,17H2,1-6H3,(H,25,28)/t18-,24-/m0/s1. The van der Waals surface area contributed by atoms with Crippen molar-refractivity contribution < 1.29 is 9.90 Å². The molecule has 1 saturated heterocycles. The molecule has 0 radical (unpaired) electrons. The molecule has 4 heteroatoms. The van der Waals surface area contributed by atoms with Crippen LogP contribution in [0.25, 0.3) is 0 Å². The molecule has 1 aromatic carbocycles. The number of phenols is 1. The molecule has 1 aliphatic heterocycles. The van der Waals surface area contributed by atoms with Gasteiger partial charge in [-0.2, -0.15) is 0 Å². The number of piperidine rings is 1. The maximum atomic E-state index is 12.2. The average Bonchev–Trinajstić information content (AvgIpc) is 2.62. The van der Waals surface area contributed by atoms with Crippen molar-refractivity contribution in [2.75, 3.05) is 25.0 Å². The van der Waals surface area contributed by atoms with Gasteiger partial charge in [0, 0.05) is 12.0 Å². The quantitative estimate of drug-likeness (QED) is 0.475. The van der Waals surface area contributed by atoms with Gasteiger partial charge < -0.3 is 15.3 Å². The number of unbranched alkanes of at least 4 members (excludes halogenated alkanes) is 3. The number of carbonyl (C=O) groups excluding carboxylic acids is 1. The summed E-state index contributed by atoms with van der Waals surface area (Å²) >= 11 is 0. The molecule has 1 fully saturated rings. The molecule has 2 atom stereocenters. The number of rotatable bonds is 7. The van der Waals surface area contributed by atoms with Crippen LogP contribution in [0.2, 0.25) is 0 Å². The fraction of sp³-hybridized carbons (Fsp3) is 0.708. The molecule has 2 rings (SSSR count). The van der Waals surface area contributed by atoms with E-state index in [0.29, 0.717) is 11.6 Å². The summed E-state index contributed by atoms with van der Waals surface area (Å²) in [6.45, 7) is 15.9. The fourth-order valence-electron chi connectivity index (χ4n) is 4.01. The third kappa shape index (κ3) is 5.50. The molecular weight excluding hydrogens is 348 g/mol. The molecule has 158 valence electrons. The smallest absolute Gasteiger partial charge is 0.229 e. The van der Waals surface area contributed by atoms with Gasteiger partial charge in [-0.05, 0) is 55.0 Å². The number of amides is 1. The molecule has 0 bridgehead atoms. The number of hydrogen-bond donors (Lipinski definition) is 2. The Morgan fingerprint density at radius 3 is 2.57 bits per heavy atom. The van der Waals surface area contributed by atoms with E-state index in [2.05, 4.69) is 37.1 Å². The highest BCUT2D eigenvalue weighted by Crippen LogP contribution is 2.41. The van der Waals surface area contributed by atoms with Gasteiger partial charge in [0.1, 0.15) is 5.75 Å². The Labute approximate surface area is 171 Å². The molecule has 0 spiro atoms. The summed E-state index contributed by atoms with van der Waals surface area (Å²) in [6.07, 6.45) is 6.33. The van der Waals surface area contributed by atoms with Crippen LogP contribution in [0, 0.1) is 11.3 Å². The minimum absolute atomic E-state index is 0.0456. The Bertz CT molecular complexity index is 665. The third-order valence-corrected chi connectivity index (χ3v) is 6.48. The second kappa shape index (κ2) is 9.30. The molecule has 1 heterocycles.